The number of nitrogen functional groups attached to an aromatic ring is 1. The van der Waals surface area contributed by atoms with Crippen LogP contribution < -0.4 is 20.9 Å². The first-order chi connectivity index (χ1) is 16.9. The summed E-state index contributed by atoms with van der Waals surface area (Å²) < 4.78 is 4.73. The second-order valence-corrected chi connectivity index (χ2v) is 8.65. The van der Waals surface area contributed by atoms with Crippen LogP contribution in [0.3, 0.4) is 0 Å². The minimum Gasteiger partial charge on any atom is -0.469 e. The van der Waals surface area contributed by atoms with Gasteiger partial charge >= 0.3 is 5.97 Å². The number of carbonyl (C=O) groups is 2. The molecule has 8 heteroatoms. The van der Waals surface area contributed by atoms with E-state index in [1.165, 1.54) is 7.11 Å². The molecule has 3 aromatic rings. The van der Waals surface area contributed by atoms with Gasteiger partial charge in [-0.05, 0) is 65.7 Å². The highest BCUT2D eigenvalue weighted by atomic mass is 16.5. The Bertz CT molecular complexity index is 1220. The Morgan fingerprint density at radius 2 is 1.80 bits per heavy atom. The van der Waals surface area contributed by atoms with E-state index in [0.717, 1.165) is 54.6 Å². The largest absolute Gasteiger partial charge is 0.469 e. The number of hydrogen-bond donors (Lipinski definition) is 3. The summed E-state index contributed by atoms with van der Waals surface area (Å²) >= 11 is 0. The summed E-state index contributed by atoms with van der Waals surface area (Å²) in [6.45, 7) is 4.17. The molecule has 4 rings (SSSR count). The summed E-state index contributed by atoms with van der Waals surface area (Å²) in [6, 6.07) is 19.4. The average molecular weight is 474 g/mol. The number of nitrogens with zero attached hydrogens (tertiary/aromatic N) is 2. The molecule has 1 aliphatic heterocycles. The fourth-order valence-corrected chi connectivity index (χ4v) is 4.31. The number of benzene rings is 3. The van der Waals surface area contributed by atoms with Crippen molar-refractivity contribution in [1.82, 2.24) is 5.32 Å². The predicted octanol–water partition coefficient (Wildman–Crippen LogP) is 3.02. The van der Waals surface area contributed by atoms with Crippen LogP contribution in [0.4, 0.5) is 11.4 Å². The summed E-state index contributed by atoms with van der Waals surface area (Å²) in [7, 11) is 1.28. The van der Waals surface area contributed by atoms with Gasteiger partial charge in [0.15, 0.2) is 0 Å². The highest BCUT2D eigenvalue weighted by Gasteiger charge is 2.21. The van der Waals surface area contributed by atoms with Gasteiger partial charge in [-0.3, -0.25) is 15.0 Å². The number of amidine groups is 1. The van der Waals surface area contributed by atoms with Gasteiger partial charge in [0, 0.05) is 36.6 Å². The molecule has 0 saturated carbocycles. The standard InChI is InChI=1S/C27H31N5O3/c1-35-26(34)17-25(33)32(24-9-7-23(8-10-24)31-13-2-11-30-12-14-31)18-19-3-4-20-5-6-21(27(28)29)16-22(20)15-19/h3-10,15-16,30H,2,11-14,17-18H2,1H3,(H3,28,29). The van der Waals surface area contributed by atoms with E-state index in [9.17, 15) is 9.59 Å². The number of hydrogen-bond acceptors (Lipinski definition) is 6. The monoisotopic (exact) mass is 473 g/mol. The van der Waals surface area contributed by atoms with E-state index in [-0.39, 0.29) is 18.2 Å². The lowest BCUT2D eigenvalue weighted by Gasteiger charge is -2.26. The molecule has 0 atom stereocenters. The molecule has 1 fully saturated rings. The van der Waals surface area contributed by atoms with Crippen molar-refractivity contribution in [2.24, 2.45) is 5.73 Å². The second kappa shape index (κ2) is 11.0. The molecule has 0 bridgehead atoms. The van der Waals surface area contributed by atoms with Gasteiger partial charge in [-0.2, -0.15) is 0 Å². The van der Waals surface area contributed by atoms with E-state index in [1.54, 1.807) is 4.90 Å². The summed E-state index contributed by atoms with van der Waals surface area (Å²) in [4.78, 5) is 28.9. The minimum absolute atomic E-state index is 0.00691. The number of rotatable bonds is 7. The van der Waals surface area contributed by atoms with Crippen LogP contribution in [0, 0.1) is 5.41 Å². The fourth-order valence-electron chi connectivity index (χ4n) is 4.31. The molecule has 35 heavy (non-hydrogen) atoms. The van der Waals surface area contributed by atoms with Crippen LogP contribution in [0.1, 0.15) is 24.0 Å². The predicted molar refractivity (Wildman–Crippen MR) is 139 cm³/mol. The molecule has 8 nitrogen and oxygen atoms in total. The van der Waals surface area contributed by atoms with Crippen molar-refractivity contribution in [3.05, 3.63) is 71.8 Å². The van der Waals surface area contributed by atoms with Gasteiger partial charge in [-0.25, -0.2) is 0 Å². The van der Waals surface area contributed by atoms with Gasteiger partial charge in [-0.1, -0.05) is 24.3 Å². The van der Waals surface area contributed by atoms with Crippen LogP contribution in [-0.2, 0) is 20.9 Å². The van der Waals surface area contributed by atoms with Crippen molar-refractivity contribution in [3.8, 4) is 0 Å². The maximum atomic E-state index is 13.1. The Morgan fingerprint density at radius 3 is 2.54 bits per heavy atom. The number of fused-ring (bicyclic) bond motifs is 1. The SMILES string of the molecule is COC(=O)CC(=O)N(Cc1ccc2ccc(C(=N)N)cc2c1)c1ccc(N2CCCNCC2)cc1. The average Bonchev–Trinajstić information content (AvgIpc) is 3.16. The fraction of sp³-hybridized carbons (Fsp3) is 0.296. The summed E-state index contributed by atoms with van der Waals surface area (Å²) in [5.74, 6) is -0.896. The molecule has 0 aliphatic carbocycles. The highest BCUT2D eigenvalue weighted by molar-refractivity contribution is 6.03. The minimum atomic E-state index is -0.571. The van der Waals surface area contributed by atoms with Crippen molar-refractivity contribution < 1.29 is 14.3 Å². The van der Waals surface area contributed by atoms with Crippen molar-refractivity contribution in [1.29, 1.82) is 5.41 Å². The zero-order chi connectivity index (χ0) is 24.8. The molecule has 182 valence electrons. The number of methoxy groups -OCH3 is 1. The molecule has 1 saturated heterocycles. The van der Waals surface area contributed by atoms with Crippen LogP contribution in [0.5, 0.6) is 0 Å². The molecular weight excluding hydrogens is 442 g/mol. The van der Waals surface area contributed by atoms with Crippen molar-refractivity contribution in [3.63, 3.8) is 0 Å². The van der Waals surface area contributed by atoms with E-state index in [2.05, 4.69) is 10.2 Å². The first-order valence-corrected chi connectivity index (χ1v) is 11.7. The molecule has 1 heterocycles. The number of nitrogens with one attached hydrogen (secondary N) is 2. The van der Waals surface area contributed by atoms with Crippen LogP contribution >= 0.6 is 0 Å². The molecule has 1 aliphatic rings. The zero-order valence-electron chi connectivity index (χ0n) is 19.9. The number of anilines is 2. The molecule has 4 N–H and O–H groups in total. The number of nitrogens with two attached hydrogens (primary N) is 1. The maximum absolute atomic E-state index is 13.1. The number of esters is 1. The van der Waals surface area contributed by atoms with E-state index < -0.39 is 5.97 Å². The quantitative estimate of drug-likeness (QED) is 0.211. The Labute approximate surface area is 205 Å². The van der Waals surface area contributed by atoms with Crippen molar-refractivity contribution in [2.75, 3.05) is 43.1 Å². The third-order valence-electron chi connectivity index (χ3n) is 6.25. The van der Waals surface area contributed by atoms with Gasteiger partial charge in [0.2, 0.25) is 5.91 Å². The Hall–Kier alpha value is -3.91. The Morgan fingerprint density at radius 1 is 1.03 bits per heavy atom. The smallest absolute Gasteiger partial charge is 0.315 e. The maximum Gasteiger partial charge on any atom is 0.315 e. The van der Waals surface area contributed by atoms with E-state index >= 15 is 0 Å². The van der Waals surface area contributed by atoms with Crippen LogP contribution in [0.25, 0.3) is 10.8 Å². The Kier molecular flexibility index (Phi) is 7.62. The van der Waals surface area contributed by atoms with Gasteiger partial charge < -0.3 is 25.6 Å². The van der Waals surface area contributed by atoms with Gasteiger partial charge in [0.1, 0.15) is 12.3 Å². The molecule has 0 unspecified atom stereocenters. The van der Waals surface area contributed by atoms with Crippen LogP contribution in [0.15, 0.2) is 60.7 Å². The third kappa shape index (κ3) is 5.96. The van der Waals surface area contributed by atoms with E-state index in [0.29, 0.717) is 17.8 Å². The lowest BCUT2D eigenvalue weighted by Crippen LogP contribution is -2.32. The molecule has 1 amide bonds. The number of ether oxygens (including phenoxy) is 1. The normalized spacial score (nSPS) is 13.8. The molecule has 3 aromatic carbocycles. The first-order valence-electron chi connectivity index (χ1n) is 11.7. The van der Waals surface area contributed by atoms with E-state index in [4.69, 9.17) is 15.9 Å². The second-order valence-electron chi connectivity index (χ2n) is 8.65. The first kappa shape index (κ1) is 24.2. The van der Waals surface area contributed by atoms with Gasteiger partial charge in [-0.15, -0.1) is 0 Å². The van der Waals surface area contributed by atoms with Crippen LogP contribution in [-0.4, -0.2) is 51.0 Å². The lowest BCUT2D eigenvalue weighted by molar-refractivity contribution is -0.143. The van der Waals surface area contributed by atoms with E-state index in [1.807, 2.05) is 60.7 Å². The number of amides is 1. The molecule has 0 spiro atoms. The molecule has 0 aromatic heterocycles. The van der Waals surface area contributed by atoms with Crippen molar-refractivity contribution in [2.45, 2.75) is 19.4 Å². The molecule has 0 radical (unpaired) electrons. The van der Waals surface area contributed by atoms with Gasteiger partial charge in [0.25, 0.3) is 0 Å². The van der Waals surface area contributed by atoms with Crippen LogP contribution in [0.2, 0.25) is 0 Å². The summed E-state index contributed by atoms with van der Waals surface area (Å²) in [5.41, 5.74) is 9.03. The number of carbonyl (C=O) groups excluding carboxylic acids is 2. The van der Waals surface area contributed by atoms with Crippen molar-refractivity contribution >= 4 is 39.9 Å². The third-order valence-corrected chi connectivity index (χ3v) is 6.25. The Balaban J connectivity index is 1.62. The zero-order valence-corrected chi connectivity index (χ0v) is 19.9. The highest BCUT2D eigenvalue weighted by Crippen LogP contribution is 2.25. The molecular formula is C27H31N5O3. The topological polar surface area (TPSA) is 112 Å². The lowest BCUT2D eigenvalue weighted by atomic mass is 10.0. The van der Waals surface area contributed by atoms with Gasteiger partial charge in [0.05, 0.1) is 13.7 Å². The summed E-state index contributed by atoms with van der Waals surface area (Å²) in [5, 5.41) is 13.1. The summed E-state index contributed by atoms with van der Waals surface area (Å²) in [6.07, 6.45) is 0.747.